The van der Waals surface area contributed by atoms with Crippen LogP contribution in [-0.4, -0.2) is 30.6 Å². The van der Waals surface area contributed by atoms with Crippen LogP contribution in [0.3, 0.4) is 0 Å². The number of nitrogens with one attached hydrogen (secondary N) is 1. The second-order valence-corrected chi connectivity index (χ2v) is 10.6. The Morgan fingerprint density at radius 2 is 1.45 bits per heavy atom. The van der Waals surface area contributed by atoms with Crippen LogP contribution in [0.15, 0.2) is 72.8 Å². The number of carbonyl (C=O) groups excluding carboxylic acids is 3. The summed E-state index contributed by atoms with van der Waals surface area (Å²) in [7, 11) is 0. The molecule has 0 unspecified atom stereocenters. The van der Waals surface area contributed by atoms with Crippen molar-refractivity contribution in [1.29, 1.82) is 0 Å². The van der Waals surface area contributed by atoms with Crippen molar-refractivity contribution in [3.63, 3.8) is 0 Å². The standard InChI is InChI=1S/C31H34N2O5/c1-31(2,3)21-14-12-20(13-15-21)18-37-29(35)27(16-17-28(32)34)33-30(36)38-19-26-24-10-6-4-8-22(24)23-9-5-7-11-25(23)26/h4-15,26-27H,16-19H2,1-3H3,(H2,32,34)(H,33,36)/t27-/m0/s1. The Kier molecular flexibility index (Phi) is 8.15. The van der Waals surface area contributed by atoms with Crippen molar-refractivity contribution in [2.45, 2.75) is 57.6 Å². The fourth-order valence-electron chi connectivity index (χ4n) is 4.67. The molecule has 3 aromatic rings. The van der Waals surface area contributed by atoms with E-state index in [2.05, 4.69) is 38.2 Å². The third kappa shape index (κ3) is 6.40. The molecule has 0 bridgehead atoms. The largest absolute Gasteiger partial charge is 0.459 e. The van der Waals surface area contributed by atoms with Crippen molar-refractivity contribution in [1.82, 2.24) is 5.32 Å². The maximum absolute atomic E-state index is 12.8. The molecule has 0 saturated heterocycles. The van der Waals surface area contributed by atoms with Gasteiger partial charge >= 0.3 is 12.1 Å². The summed E-state index contributed by atoms with van der Waals surface area (Å²) < 4.78 is 11.0. The lowest BCUT2D eigenvalue weighted by Gasteiger charge is -2.20. The van der Waals surface area contributed by atoms with Crippen LogP contribution in [0.25, 0.3) is 11.1 Å². The van der Waals surface area contributed by atoms with E-state index >= 15 is 0 Å². The molecule has 0 heterocycles. The van der Waals surface area contributed by atoms with Crippen LogP contribution in [0.4, 0.5) is 4.79 Å². The van der Waals surface area contributed by atoms with E-state index in [1.165, 1.54) is 5.56 Å². The summed E-state index contributed by atoms with van der Waals surface area (Å²) in [6.07, 6.45) is -0.821. The van der Waals surface area contributed by atoms with Gasteiger partial charge in [0.15, 0.2) is 0 Å². The molecule has 38 heavy (non-hydrogen) atoms. The van der Waals surface area contributed by atoms with Crippen LogP contribution in [0.5, 0.6) is 0 Å². The van der Waals surface area contributed by atoms with Gasteiger partial charge in [-0.15, -0.1) is 0 Å². The van der Waals surface area contributed by atoms with Gasteiger partial charge in [0.2, 0.25) is 5.91 Å². The van der Waals surface area contributed by atoms with Crippen molar-refractivity contribution in [3.05, 3.63) is 95.1 Å². The molecule has 1 atom stereocenters. The van der Waals surface area contributed by atoms with E-state index < -0.39 is 24.0 Å². The fourth-order valence-corrected chi connectivity index (χ4v) is 4.67. The summed E-state index contributed by atoms with van der Waals surface area (Å²) >= 11 is 0. The maximum Gasteiger partial charge on any atom is 0.407 e. The normalized spacial score (nSPS) is 13.2. The predicted molar refractivity (Wildman–Crippen MR) is 145 cm³/mol. The molecule has 0 aromatic heterocycles. The van der Waals surface area contributed by atoms with Gasteiger partial charge in [-0.05, 0) is 45.2 Å². The topological polar surface area (TPSA) is 108 Å². The summed E-state index contributed by atoms with van der Waals surface area (Å²) in [4.78, 5) is 36.9. The molecule has 0 fully saturated rings. The number of esters is 1. The zero-order valence-corrected chi connectivity index (χ0v) is 22.0. The van der Waals surface area contributed by atoms with Crippen molar-refractivity contribution in [3.8, 4) is 11.1 Å². The van der Waals surface area contributed by atoms with Crippen LogP contribution < -0.4 is 11.1 Å². The summed E-state index contributed by atoms with van der Waals surface area (Å²) in [6.45, 7) is 6.53. The maximum atomic E-state index is 12.8. The van der Waals surface area contributed by atoms with E-state index in [-0.39, 0.29) is 37.4 Å². The van der Waals surface area contributed by atoms with Crippen LogP contribution >= 0.6 is 0 Å². The average Bonchev–Trinajstić information content (AvgIpc) is 3.21. The number of ether oxygens (including phenoxy) is 2. The van der Waals surface area contributed by atoms with Gasteiger partial charge in [-0.3, -0.25) is 4.79 Å². The van der Waals surface area contributed by atoms with Crippen LogP contribution in [0.2, 0.25) is 0 Å². The summed E-state index contributed by atoms with van der Waals surface area (Å²) in [5, 5.41) is 2.57. The second kappa shape index (κ2) is 11.5. The van der Waals surface area contributed by atoms with Crippen molar-refractivity contribution < 1.29 is 23.9 Å². The highest BCUT2D eigenvalue weighted by Crippen LogP contribution is 2.44. The fraction of sp³-hybridized carbons (Fsp3) is 0.323. The lowest BCUT2D eigenvalue weighted by Crippen LogP contribution is -2.43. The molecule has 4 rings (SSSR count). The summed E-state index contributed by atoms with van der Waals surface area (Å²) in [6, 6.07) is 22.8. The molecule has 7 heteroatoms. The Labute approximate surface area is 223 Å². The van der Waals surface area contributed by atoms with Gasteiger partial charge in [-0.25, -0.2) is 9.59 Å². The molecule has 1 aliphatic rings. The Morgan fingerprint density at radius 1 is 0.868 bits per heavy atom. The molecule has 0 saturated carbocycles. The van der Waals surface area contributed by atoms with E-state index in [4.69, 9.17) is 15.2 Å². The van der Waals surface area contributed by atoms with E-state index in [9.17, 15) is 14.4 Å². The molecular formula is C31H34N2O5. The number of rotatable bonds is 9. The van der Waals surface area contributed by atoms with Gasteiger partial charge in [0, 0.05) is 12.3 Å². The minimum absolute atomic E-state index is 0.0152. The van der Waals surface area contributed by atoms with Crippen LogP contribution in [-0.2, 0) is 31.1 Å². The lowest BCUT2D eigenvalue weighted by molar-refractivity contribution is -0.147. The second-order valence-electron chi connectivity index (χ2n) is 10.6. The number of primary amides is 1. The number of fused-ring (bicyclic) bond motifs is 3. The number of carbonyl (C=O) groups is 3. The molecule has 0 aliphatic heterocycles. The highest BCUT2D eigenvalue weighted by atomic mass is 16.6. The first-order valence-corrected chi connectivity index (χ1v) is 12.8. The summed E-state index contributed by atoms with van der Waals surface area (Å²) in [5.41, 5.74) is 11.7. The quantitative estimate of drug-likeness (QED) is 0.382. The number of hydrogen-bond donors (Lipinski definition) is 2. The molecule has 0 radical (unpaired) electrons. The van der Waals surface area contributed by atoms with E-state index in [0.29, 0.717) is 0 Å². The molecule has 198 valence electrons. The molecule has 3 aromatic carbocycles. The van der Waals surface area contributed by atoms with Gasteiger partial charge in [-0.1, -0.05) is 93.6 Å². The number of hydrogen-bond acceptors (Lipinski definition) is 5. The van der Waals surface area contributed by atoms with Gasteiger partial charge in [-0.2, -0.15) is 0 Å². The smallest absolute Gasteiger partial charge is 0.407 e. The van der Waals surface area contributed by atoms with E-state index in [0.717, 1.165) is 27.8 Å². The van der Waals surface area contributed by atoms with Crippen molar-refractivity contribution in [2.24, 2.45) is 5.73 Å². The van der Waals surface area contributed by atoms with Crippen LogP contribution in [0, 0.1) is 0 Å². The lowest BCUT2D eigenvalue weighted by atomic mass is 9.87. The Morgan fingerprint density at radius 3 is 2.00 bits per heavy atom. The van der Waals surface area contributed by atoms with Gasteiger partial charge in [0.25, 0.3) is 0 Å². The summed E-state index contributed by atoms with van der Waals surface area (Å²) in [5.74, 6) is -1.34. The monoisotopic (exact) mass is 514 g/mol. The minimum atomic E-state index is -1.06. The van der Waals surface area contributed by atoms with Gasteiger partial charge in [0.05, 0.1) is 0 Å². The molecule has 3 N–H and O–H groups in total. The molecule has 2 amide bonds. The van der Waals surface area contributed by atoms with Crippen molar-refractivity contribution in [2.75, 3.05) is 6.61 Å². The Balaban J connectivity index is 1.37. The predicted octanol–water partition coefficient (Wildman–Crippen LogP) is 5.20. The minimum Gasteiger partial charge on any atom is -0.459 e. The molecular weight excluding hydrogens is 480 g/mol. The third-order valence-electron chi connectivity index (χ3n) is 6.80. The Hall–Kier alpha value is -4.13. The number of benzene rings is 3. The zero-order valence-electron chi connectivity index (χ0n) is 22.0. The molecule has 0 spiro atoms. The van der Waals surface area contributed by atoms with Gasteiger partial charge in [0.1, 0.15) is 19.3 Å². The van der Waals surface area contributed by atoms with E-state index in [1.807, 2.05) is 60.7 Å². The highest BCUT2D eigenvalue weighted by Gasteiger charge is 2.30. The first kappa shape index (κ1) is 26.9. The average molecular weight is 515 g/mol. The van der Waals surface area contributed by atoms with E-state index in [1.54, 1.807) is 0 Å². The van der Waals surface area contributed by atoms with Crippen LogP contribution in [0.1, 0.15) is 61.8 Å². The molecule has 1 aliphatic carbocycles. The SMILES string of the molecule is CC(C)(C)c1ccc(COC(=O)[C@H](CCC(N)=O)NC(=O)OCC2c3ccccc3-c3ccccc32)cc1. The Bertz CT molecular complexity index is 1260. The third-order valence-corrected chi connectivity index (χ3v) is 6.80. The number of alkyl carbamates (subject to hydrolysis) is 1. The van der Waals surface area contributed by atoms with Crippen molar-refractivity contribution >= 4 is 18.0 Å². The first-order valence-electron chi connectivity index (χ1n) is 12.8. The first-order chi connectivity index (χ1) is 18.1. The number of amides is 2. The molecule has 7 nitrogen and oxygen atoms in total. The van der Waals surface area contributed by atoms with Gasteiger partial charge < -0.3 is 20.5 Å². The zero-order chi connectivity index (χ0) is 27.3. The number of nitrogens with two attached hydrogens (primary N) is 1. The highest BCUT2D eigenvalue weighted by molar-refractivity contribution is 5.83.